The molecule has 0 amide bonds. The molecule has 0 bridgehead atoms. The Labute approximate surface area is 133 Å². The molecule has 1 N–H and O–H groups in total. The zero-order chi connectivity index (χ0) is 15.5. The summed E-state index contributed by atoms with van der Waals surface area (Å²) in [4.78, 5) is 16.1. The minimum absolute atomic E-state index is 0.0485. The minimum Gasteiger partial charge on any atom is -0.404 e. The van der Waals surface area contributed by atoms with Crippen molar-refractivity contribution in [3.8, 4) is 0 Å². The molecule has 0 radical (unpaired) electrons. The molecule has 2 heterocycles. The van der Waals surface area contributed by atoms with E-state index in [0.717, 1.165) is 5.69 Å². The maximum Gasteiger partial charge on any atom is 0.347 e. The fraction of sp³-hybridized carbons (Fsp3) is 0.125. The summed E-state index contributed by atoms with van der Waals surface area (Å²) >= 11 is 5.93. The van der Waals surface area contributed by atoms with Gasteiger partial charge in [-0.2, -0.15) is 0 Å². The minimum atomic E-state index is -0.541. The molecule has 6 heteroatoms. The maximum absolute atomic E-state index is 12.3. The van der Waals surface area contributed by atoms with Crippen LogP contribution < -0.4 is 10.4 Å². The Balaban J connectivity index is 1.83. The van der Waals surface area contributed by atoms with E-state index in [1.54, 1.807) is 17.1 Å². The Morgan fingerprint density at radius 3 is 2.77 bits per heavy atom. The van der Waals surface area contributed by atoms with Gasteiger partial charge in [0.1, 0.15) is 5.15 Å². The normalized spacial score (nSPS) is 17.3. The van der Waals surface area contributed by atoms with Gasteiger partial charge in [-0.3, -0.25) is 0 Å². The van der Waals surface area contributed by atoms with Crippen LogP contribution in [-0.2, 0) is 4.74 Å². The average molecular weight is 316 g/mol. The lowest BCUT2D eigenvalue weighted by atomic mass is 10.3. The number of anilines is 1. The highest BCUT2D eigenvalue weighted by Crippen LogP contribution is 2.24. The first-order chi connectivity index (χ1) is 10.6. The van der Waals surface area contributed by atoms with Crippen molar-refractivity contribution < 1.29 is 9.53 Å². The maximum atomic E-state index is 12.3. The number of hydrazine groups is 1. The van der Waals surface area contributed by atoms with Crippen LogP contribution in [0.5, 0.6) is 0 Å². The summed E-state index contributed by atoms with van der Waals surface area (Å²) in [7, 11) is 0. The number of ether oxygens (including phenoxy) is 1. The van der Waals surface area contributed by atoms with Crippen molar-refractivity contribution >= 4 is 23.3 Å². The van der Waals surface area contributed by atoms with Gasteiger partial charge < -0.3 is 4.74 Å². The topological polar surface area (TPSA) is 54.5 Å². The lowest BCUT2D eigenvalue weighted by Crippen LogP contribution is -2.36. The van der Waals surface area contributed by atoms with E-state index in [1.807, 2.05) is 43.3 Å². The van der Waals surface area contributed by atoms with Gasteiger partial charge in [0, 0.05) is 12.2 Å². The highest BCUT2D eigenvalue weighted by Gasteiger charge is 2.26. The molecule has 0 saturated heterocycles. The second-order valence-corrected chi connectivity index (χ2v) is 5.18. The monoisotopic (exact) mass is 315 g/mol. The van der Waals surface area contributed by atoms with E-state index in [1.165, 1.54) is 6.20 Å². The number of hydrogen-bond donors (Lipinski definition) is 1. The molecule has 112 valence electrons. The standard InChI is InChI=1S/C16H14ClN3O2/c1-11-10-14(20(19-11)12-6-3-2-4-7-12)22-16(21)13-8-5-9-18-15(13)17/h2-11,19H,1H3. The van der Waals surface area contributed by atoms with Crippen molar-refractivity contribution in [3.05, 3.63) is 71.3 Å². The molecule has 0 fully saturated rings. The van der Waals surface area contributed by atoms with E-state index in [4.69, 9.17) is 16.3 Å². The quantitative estimate of drug-likeness (QED) is 0.696. The van der Waals surface area contributed by atoms with E-state index < -0.39 is 5.97 Å². The molecule has 22 heavy (non-hydrogen) atoms. The summed E-state index contributed by atoms with van der Waals surface area (Å²) < 4.78 is 5.48. The van der Waals surface area contributed by atoms with E-state index in [0.29, 0.717) is 5.88 Å². The molecule has 0 aliphatic carbocycles. The molecule has 1 aliphatic heterocycles. The van der Waals surface area contributed by atoms with Gasteiger partial charge in [0.05, 0.1) is 11.3 Å². The fourth-order valence-corrected chi connectivity index (χ4v) is 2.34. The van der Waals surface area contributed by atoms with Gasteiger partial charge in [-0.1, -0.05) is 29.8 Å². The van der Waals surface area contributed by atoms with Crippen LogP contribution in [0.4, 0.5) is 5.69 Å². The van der Waals surface area contributed by atoms with Crippen molar-refractivity contribution in [2.45, 2.75) is 13.0 Å². The average Bonchev–Trinajstić information content (AvgIpc) is 2.89. The van der Waals surface area contributed by atoms with Crippen LogP contribution in [0, 0.1) is 0 Å². The molecule has 1 aliphatic rings. The number of rotatable bonds is 3. The van der Waals surface area contributed by atoms with Crippen LogP contribution in [0.15, 0.2) is 60.6 Å². The molecule has 1 aromatic carbocycles. The third-order valence-electron chi connectivity index (χ3n) is 3.14. The first kappa shape index (κ1) is 14.6. The molecular formula is C16H14ClN3O2. The van der Waals surface area contributed by atoms with Gasteiger partial charge in [0.15, 0.2) is 0 Å². The lowest BCUT2D eigenvalue weighted by molar-refractivity contribution is 0.0616. The molecule has 0 spiro atoms. The molecule has 3 rings (SSSR count). The Kier molecular flexibility index (Phi) is 4.09. The van der Waals surface area contributed by atoms with Crippen molar-refractivity contribution in [2.24, 2.45) is 0 Å². The van der Waals surface area contributed by atoms with Crippen LogP contribution in [-0.4, -0.2) is 17.0 Å². The number of nitrogens with one attached hydrogen (secondary N) is 1. The second-order valence-electron chi connectivity index (χ2n) is 4.82. The third kappa shape index (κ3) is 2.95. The number of carbonyl (C=O) groups is 1. The first-order valence-corrected chi connectivity index (χ1v) is 7.19. The number of nitrogens with zero attached hydrogens (tertiary/aromatic N) is 2. The van der Waals surface area contributed by atoms with Crippen molar-refractivity contribution in [3.63, 3.8) is 0 Å². The predicted octanol–water partition coefficient (Wildman–Crippen LogP) is 3.15. The summed E-state index contributed by atoms with van der Waals surface area (Å²) in [6.07, 6.45) is 3.35. The Hall–Kier alpha value is -2.37. The van der Waals surface area contributed by atoms with Crippen molar-refractivity contribution in [1.29, 1.82) is 0 Å². The number of para-hydroxylation sites is 1. The van der Waals surface area contributed by atoms with Crippen LogP contribution in [0.25, 0.3) is 0 Å². The number of aromatic nitrogens is 1. The number of halogens is 1. The van der Waals surface area contributed by atoms with Gasteiger partial charge in [-0.05, 0) is 37.3 Å². The fourth-order valence-electron chi connectivity index (χ4n) is 2.14. The van der Waals surface area contributed by atoms with Gasteiger partial charge in [0.25, 0.3) is 0 Å². The van der Waals surface area contributed by atoms with Gasteiger partial charge in [-0.25, -0.2) is 20.2 Å². The largest absolute Gasteiger partial charge is 0.404 e. The Morgan fingerprint density at radius 2 is 2.05 bits per heavy atom. The van der Waals surface area contributed by atoms with E-state index in [9.17, 15) is 4.79 Å². The Morgan fingerprint density at radius 1 is 1.27 bits per heavy atom. The van der Waals surface area contributed by atoms with Crippen LogP contribution in [0.2, 0.25) is 5.15 Å². The summed E-state index contributed by atoms with van der Waals surface area (Å²) in [6, 6.07) is 12.9. The first-order valence-electron chi connectivity index (χ1n) is 6.81. The highest BCUT2D eigenvalue weighted by atomic mass is 35.5. The molecule has 2 aromatic rings. The van der Waals surface area contributed by atoms with E-state index in [-0.39, 0.29) is 16.8 Å². The Bertz CT molecular complexity index is 718. The molecule has 1 aromatic heterocycles. The molecule has 1 unspecified atom stereocenters. The zero-order valence-electron chi connectivity index (χ0n) is 11.9. The third-order valence-corrected chi connectivity index (χ3v) is 3.44. The van der Waals surface area contributed by atoms with Crippen molar-refractivity contribution in [2.75, 3.05) is 5.01 Å². The van der Waals surface area contributed by atoms with Crippen molar-refractivity contribution in [1.82, 2.24) is 10.4 Å². The van der Waals surface area contributed by atoms with Crippen LogP contribution in [0.3, 0.4) is 0 Å². The van der Waals surface area contributed by atoms with E-state index in [2.05, 4.69) is 10.4 Å². The van der Waals surface area contributed by atoms with Gasteiger partial charge in [0.2, 0.25) is 5.88 Å². The van der Waals surface area contributed by atoms with Crippen LogP contribution in [0.1, 0.15) is 17.3 Å². The molecule has 1 atom stereocenters. The second kappa shape index (κ2) is 6.17. The summed E-state index contributed by atoms with van der Waals surface area (Å²) in [5, 5.41) is 1.85. The van der Waals surface area contributed by atoms with Gasteiger partial charge in [-0.15, -0.1) is 0 Å². The predicted molar refractivity (Wildman–Crippen MR) is 84.3 cm³/mol. The number of esters is 1. The van der Waals surface area contributed by atoms with Crippen LogP contribution >= 0.6 is 11.6 Å². The summed E-state index contributed by atoms with van der Waals surface area (Å²) in [5.74, 6) is -0.121. The van der Waals surface area contributed by atoms with E-state index >= 15 is 0 Å². The summed E-state index contributed by atoms with van der Waals surface area (Å²) in [6.45, 7) is 1.97. The highest BCUT2D eigenvalue weighted by molar-refractivity contribution is 6.32. The summed E-state index contributed by atoms with van der Waals surface area (Å²) in [5.41, 5.74) is 4.32. The smallest absolute Gasteiger partial charge is 0.347 e. The molecule has 5 nitrogen and oxygen atoms in total. The number of pyridine rings is 1. The molecule has 0 saturated carbocycles. The lowest BCUT2D eigenvalue weighted by Gasteiger charge is -2.22. The number of carbonyl (C=O) groups excluding carboxylic acids is 1. The number of benzene rings is 1. The zero-order valence-corrected chi connectivity index (χ0v) is 12.6. The SMILES string of the molecule is CC1C=C(OC(=O)c2cccnc2Cl)N(c2ccccc2)N1. The molecular weight excluding hydrogens is 302 g/mol. The van der Waals surface area contributed by atoms with Gasteiger partial charge >= 0.3 is 5.97 Å². The number of hydrogen-bond acceptors (Lipinski definition) is 5.